The van der Waals surface area contributed by atoms with Crippen LogP contribution in [0.3, 0.4) is 0 Å². The van der Waals surface area contributed by atoms with E-state index in [9.17, 15) is 0 Å². The molecule has 30 heavy (non-hydrogen) atoms. The summed E-state index contributed by atoms with van der Waals surface area (Å²) in [7, 11) is 0. The molecular formula is C27H30Cl2Zr-4. The number of benzene rings is 2. The predicted octanol–water partition coefficient (Wildman–Crippen LogP) is 1.12. The number of hydrogen-bond acceptors (Lipinski definition) is 0. The Labute approximate surface area is 212 Å². The Morgan fingerprint density at radius 1 is 0.800 bits per heavy atom. The summed E-state index contributed by atoms with van der Waals surface area (Å²) < 4.78 is 3.34. The van der Waals surface area contributed by atoms with Gasteiger partial charge in [-0.1, -0.05) is 26.7 Å². The summed E-state index contributed by atoms with van der Waals surface area (Å²) in [6.45, 7) is 4.42. The predicted molar refractivity (Wildman–Crippen MR) is 119 cm³/mol. The van der Waals surface area contributed by atoms with Crippen LogP contribution in [0.4, 0.5) is 0 Å². The molecule has 0 radical (unpaired) electrons. The van der Waals surface area contributed by atoms with Crippen LogP contribution in [0.2, 0.25) is 0 Å². The largest absolute Gasteiger partial charge is 1.00 e. The van der Waals surface area contributed by atoms with Crippen LogP contribution in [0.1, 0.15) is 39.5 Å². The molecule has 0 amide bonds. The minimum absolute atomic E-state index is 0. The number of rotatable bonds is 2. The average molecular weight is 517 g/mol. The second kappa shape index (κ2) is 27.7. The molecule has 0 saturated carbocycles. The van der Waals surface area contributed by atoms with Crippen LogP contribution in [-0.4, -0.2) is 4.21 Å². The molecule has 0 saturated heterocycles. The SMILES string of the molecule is CCC1=C(CC)C[C-]=C1.[C-]1=CC=CC1.[CH2]=[Zr+2].[Cl-].[Cl-].[c-]1ccccc1.[c-]1ccccc1. The van der Waals surface area contributed by atoms with Crippen molar-refractivity contribution in [1.82, 2.24) is 0 Å². The van der Waals surface area contributed by atoms with Gasteiger partial charge in [0.15, 0.2) is 0 Å². The number of halogens is 2. The first-order valence-corrected chi connectivity index (χ1v) is 11.3. The van der Waals surface area contributed by atoms with Crippen molar-refractivity contribution in [3.63, 3.8) is 0 Å². The third-order valence-corrected chi connectivity index (χ3v) is 3.65. The number of hydrogen-bond donors (Lipinski definition) is 0. The summed E-state index contributed by atoms with van der Waals surface area (Å²) in [5, 5.41) is 0. The summed E-state index contributed by atoms with van der Waals surface area (Å²) in [6.07, 6.45) is 18.8. The first-order valence-electron chi connectivity index (χ1n) is 9.55. The van der Waals surface area contributed by atoms with Crippen LogP contribution in [0.5, 0.6) is 0 Å². The molecule has 2 aliphatic rings. The Morgan fingerprint density at radius 2 is 1.33 bits per heavy atom. The van der Waals surface area contributed by atoms with Crippen molar-refractivity contribution in [2.24, 2.45) is 0 Å². The van der Waals surface area contributed by atoms with E-state index in [1.54, 1.807) is 5.57 Å². The fourth-order valence-corrected chi connectivity index (χ4v) is 2.24. The minimum Gasteiger partial charge on any atom is -1.00 e. The normalized spacial score (nSPS) is 11.6. The minimum atomic E-state index is 0. The van der Waals surface area contributed by atoms with Crippen LogP contribution < -0.4 is 24.8 Å². The van der Waals surface area contributed by atoms with Crippen molar-refractivity contribution < 1.29 is 49.0 Å². The Kier molecular flexibility index (Phi) is 30.9. The maximum atomic E-state index is 3.34. The standard InChI is InChI=1S/C9H13.2C6H5.C5H5.CH2.2ClH.Zr/c1-3-8-6-5-7-9(8)4-2;2*1-2-4-6-5-3-1;1-2-4-5-3-1;;;;/h6H,3-4,7H2,1-2H3;2*1-5H;1-3H,4H2;1H2;2*1H;/q4*-1;;;;+2/p-2. The molecule has 3 heteroatoms. The summed E-state index contributed by atoms with van der Waals surface area (Å²) >= 11 is 1.30. The van der Waals surface area contributed by atoms with Gasteiger partial charge in [0.05, 0.1) is 0 Å². The zero-order chi connectivity index (χ0) is 20.7. The molecule has 2 aromatic rings. The zero-order valence-corrected chi connectivity index (χ0v) is 21.8. The topological polar surface area (TPSA) is 0 Å². The van der Waals surface area contributed by atoms with Crippen molar-refractivity contribution >= 4 is 4.21 Å². The molecule has 160 valence electrons. The van der Waals surface area contributed by atoms with Gasteiger partial charge in [-0.2, -0.15) is 90.0 Å². The smallest absolute Gasteiger partial charge is 0.171 e. The third-order valence-electron chi connectivity index (χ3n) is 3.65. The van der Waals surface area contributed by atoms with E-state index in [0.717, 1.165) is 12.8 Å². The van der Waals surface area contributed by atoms with E-state index in [2.05, 4.69) is 54.5 Å². The van der Waals surface area contributed by atoms with Crippen molar-refractivity contribution in [1.29, 1.82) is 0 Å². The van der Waals surface area contributed by atoms with Crippen LogP contribution in [0.15, 0.2) is 96.1 Å². The summed E-state index contributed by atoms with van der Waals surface area (Å²) in [6, 6.07) is 25.0. The maximum Gasteiger partial charge on any atom is -0.171 e. The Bertz CT molecular complexity index is 594. The summed E-state index contributed by atoms with van der Waals surface area (Å²) in [4.78, 5) is 0. The molecule has 2 aromatic carbocycles. The second-order valence-corrected chi connectivity index (χ2v) is 5.52. The molecule has 2 aliphatic carbocycles. The van der Waals surface area contributed by atoms with E-state index in [1.165, 1.54) is 42.7 Å². The van der Waals surface area contributed by atoms with Gasteiger partial charge in [0.25, 0.3) is 0 Å². The van der Waals surface area contributed by atoms with Crippen molar-refractivity contribution in [3.8, 4) is 0 Å². The van der Waals surface area contributed by atoms with Gasteiger partial charge in [-0.3, -0.25) is 12.2 Å². The van der Waals surface area contributed by atoms with Crippen molar-refractivity contribution in [2.45, 2.75) is 39.5 Å². The van der Waals surface area contributed by atoms with Gasteiger partial charge >= 0.3 is 28.4 Å². The van der Waals surface area contributed by atoms with E-state index >= 15 is 0 Å². The molecule has 0 unspecified atom stereocenters. The van der Waals surface area contributed by atoms with Crippen molar-refractivity contribution in [3.05, 3.63) is 120 Å². The molecule has 0 atom stereocenters. The van der Waals surface area contributed by atoms with Gasteiger partial charge in [-0.15, -0.1) is 12.8 Å². The fraction of sp³-hybridized carbons (Fsp3) is 0.222. The molecule has 4 rings (SSSR count). The third kappa shape index (κ3) is 20.0. The Morgan fingerprint density at radius 3 is 1.53 bits per heavy atom. The molecule has 0 aromatic heterocycles. The first-order chi connectivity index (χ1) is 13.9. The Hall–Kier alpha value is -1.27. The van der Waals surface area contributed by atoms with Crippen LogP contribution in [0, 0.1) is 24.3 Å². The van der Waals surface area contributed by atoms with E-state index in [4.69, 9.17) is 0 Å². The van der Waals surface area contributed by atoms with Gasteiger partial charge in [0, 0.05) is 0 Å². The molecule has 0 nitrogen and oxygen atoms in total. The zero-order valence-electron chi connectivity index (χ0n) is 17.9. The summed E-state index contributed by atoms with van der Waals surface area (Å²) in [5.74, 6) is 0. The molecule has 0 spiro atoms. The molecular weight excluding hydrogens is 486 g/mol. The molecule has 0 bridgehead atoms. The second-order valence-electron chi connectivity index (χ2n) is 5.52. The monoisotopic (exact) mass is 514 g/mol. The average Bonchev–Trinajstić information content (AvgIpc) is 3.53. The van der Waals surface area contributed by atoms with Gasteiger partial charge in [-0.25, -0.2) is 18.2 Å². The van der Waals surface area contributed by atoms with Crippen LogP contribution in [-0.2, 0) is 24.2 Å². The first kappa shape index (κ1) is 33.4. The van der Waals surface area contributed by atoms with Crippen LogP contribution in [0.25, 0.3) is 0 Å². The number of allylic oxidation sites excluding steroid dienone is 8. The summed E-state index contributed by atoms with van der Waals surface area (Å²) in [5.41, 5.74) is 3.09. The van der Waals surface area contributed by atoms with Crippen molar-refractivity contribution in [2.75, 3.05) is 0 Å². The van der Waals surface area contributed by atoms with Gasteiger partial charge in [0.1, 0.15) is 0 Å². The molecule has 0 N–H and O–H groups in total. The van der Waals surface area contributed by atoms with Gasteiger partial charge in [-0.05, 0) is 0 Å². The van der Waals surface area contributed by atoms with E-state index in [1.807, 2.05) is 72.8 Å². The van der Waals surface area contributed by atoms with Gasteiger partial charge in [0.2, 0.25) is 0 Å². The molecule has 0 heterocycles. The Balaban J connectivity index is -0.000000314. The van der Waals surface area contributed by atoms with Crippen LogP contribution >= 0.6 is 0 Å². The quantitative estimate of drug-likeness (QED) is 0.525. The fourth-order valence-electron chi connectivity index (χ4n) is 2.24. The molecule has 0 aliphatic heterocycles. The maximum absolute atomic E-state index is 3.34. The van der Waals surface area contributed by atoms with E-state index < -0.39 is 0 Å². The van der Waals surface area contributed by atoms with Gasteiger partial charge < -0.3 is 24.8 Å². The van der Waals surface area contributed by atoms with E-state index in [0.29, 0.717) is 0 Å². The van der Waals surface area contributed by atoms with E-state index in [-0.39, 0.29) is 24.8 Å². The molecule has 0 fully saturated rings.